The molecule has 0 radical (unpaired) electrons. The second-order valence-electron chi connectivity index (χ2n) is 3.80. The van der Waals surface area contributed by atoms with Crippen molar-refractivity contribution in [2.24, 2.45) is 0 Å². The highest BCUT2D eigenvalue weighted by atomic mass is 32.1. The van der Waals surface area contributed by atoms with Crippen molar-refractivity contribution in [3.63, 3.8) is 0 Å². The van der Waals surface area contributed by atoms with Gasteiger partial charge in [0.05, 0.1) is 6.61 Å². The molecular weight excluding hydrogens is 234 g/mol. The minimum absolute atomic E-state index is 0.527. The Bertz CT molecular complexity index is 467. The average Bonchev–Trinajstić information content (AvgIpc) is 2.73. The van der Waals surface area contributed by atoms with Crippen LogP contribution >= 0.6 is 11.3 Å². The first-order valence-corrected chi connectivity index (χ1v) is 6.33. The smallest absolute Gasteiger partial charge is 0.203 e. The van der Waals surface area contributed by atoms with E-state index in [-0.39, 0.29) is 0 Å². The number of anilines is 1. The second kappa shape index (κ2) is 5.63. The third-order valence-corrected chi connectivity index (χ3v) is 3.12. The third kappa shape index (κ3) is 3.71. The summed E-state index contributed by atoms with van der Waals surface area (Å²) in [6.45, 7) is 2.74. The first-order valence-electron chi connectivity index (χ1n) is 5.51. The number of benzene rings is 1. The van der Waals surface area contributed by atoms with E-state index in [2.05, 4.69) is 17.1 Å². The molecule has 0 amide bonds. The maximum Gasteiger partial charge on any atom is 0.203 e. The van der Waals surface area contributed by atoms with Gasteiger partial charge in [-0.15, -0.1) is 10.2 Å². The van der Waals surface area contributed by atoms with Crippen LogP contribution in [0.3, 0.4) is 0 Å². The maximum absolute atomic E-state index is 5.61. The molecule has 0 saturated heterocycles. The molecule has 2 rings (SSSR count). The Morgan fingerprint density at radius 1 is 1.24 bits per heavy atom. The lowest BCUT2D eigenvalue weighted by molar-refractivity contribution is 0.311. The fraction of sp³-hybridized carbons (Fsp3) is 0.333. The molecule has 17 heavy (non-hydrogen) atoms. The Labute approximate surface area is 104 Å². The second-order valence-corrected chi connectivity index (χ2v) is 4.89. The first-order chi connectivity index (χ1) is 8.24. The molecule has 90 valence electrons. The molecule has 1 heterocycles. The van der Waals surface area contributed by atoms with Gasteiger partial charge in [-0.2, -0.15) is 0 Å². The molecular formula is C12H15N3OS. The van der Waals surface area contributed by atoms with Gasteiger partial charge in [0, 0.05) is 6.42 Å². The number of nitrogens with two attached hydrogens (primary N) is 1. The largest absolute Gasteiger partial charge is 0.494 e. The van der Waals surface area contributed by atoms with E-state index < -0.39 is 0 Å². The number of rotatable bonds is 5. The van der Waals surface area contributed by atoms with Crippen LogP contribution in [0.5, 0.6) is 5.75 Å². The predicted octanol–water partition coefficient (Wildman–Crippen LogP) is 2.44. The van der Waals surface area contributed by atoms with E-state index in [9.17, 15) is 0 Å². The molecule has 0 aliphatic rings. The van der Waals surface area contributed by atoms with Crippen LogP contribution < -0.4 is 10.5 Å². The Kier molecular flexibility index (Phi) is 3.93. The van der Waals surface area contributed by atoms with E-state index >= 15 is 0 Å². The van der Waals surface area contributed by atoms with Crippen molar-refractivity contribution in [2.75, 3.05) is 12.3 Å². The lowest BCUT2D eigenvalue weighted by Gasteiger charge is -2.05. The van der Waals surface area contributed by atoms with Crippen molar-refractivity contribution in [1.29, 1.82) is 0 Å². The van der Waals surface area contributed by atoms with Gasteiger partial charge in [0.1, 0.15) is 10.8 Å². The Hall–Kier alpha value is -1.62. The van der Waals surface area contributed by atoms with Gasteiger partial charge in [0.25, 0.3) is 0 Å². The molecule has 5 heteroatoms. The van der Waals surface area contributed by atoms with Gasteiger partial charge in [-0.05, 0) is 25.5 Å². The summed E-state index contributed by atoms with van der Waals surface area (Å²) in [7, 11) is 0. The Morgan fingerprint density at radius 3 is 2.65 bits per heavy atom. The Morgan fingerprint density at radius 2 is 2.00 bits per heavy atom. The van der Waals surface area contributed by atoms with E-state index in [1.807, 2.05) is 24.3 Å². The summed E-state index contributed by atoms with van der Waals surface area (Å²) in [6, 6.07) is 8.05. The van der Waals surface area contributed by atoms with Gasteiger partial charge in [0.15, 0.2) is 0 Å². The predicted molar refractivity (Wildman–Crippen MR) is 69.3 cm³/mol. The number of nitrogens with zero attached hydrogens (tertiary/aromatic N) is 2. The van der Waals surface area contributed by atoms with Crippen LogP contribution in [0.25, 0.3) is 0 Å². The quantitative estimate of drug-likeness (QED) is 0.827. The topological polar surface area (TPSA) is 61.0 Å². The van der Waals surface area contributed by atoms with Crippen molar-refractivity contribution in [1.82, 2.24) is 10.2 Å². The molecule has 0 bridgehead atoms. The van der Waals surface area contributed by atoms with Gasteiger partial charge < -0.3 is 10.5 Å². The monoisotopic (exact) mass is 249 g/mol. The molecule has 0 atom stereocenters. The first kappa shape index (κ1) is 11.9. The highest BCUT2D eigenvalue weighted by molar-refractivity contribution is 7.15. The SMILES string of the molecule is Cc1ccc(OCCCc2nnc(N)s2)cc1. The van der Waals surface area contributed by atoms with E-state index in [0.717, 1.165) is 23.6 Å². The fourth-order valence-electron chi connectivity index (χ4n) is 1.42. The molecule has 1 aromatic heterocycles. The summed E-state index contributed by atoms with van der Waals surface area (Å²) in [5.74, 6) is 0.910. The Balaban J connectivity index is 1.71. The van der Waals surface area contributed by atoms with Crippen LogP contribution in [0.4, 0.5) is 5.13 Å². The molecule has 2 aromatic rings. The molecule has 0 unspecified atom stereocenters. The van der Waals surface area contributed by atoms with Crippen LogP contribution in [0.2, 0.25) is 0 Å². The lowest BCUT2D eigenvalue weighted by atomic mass is 10.2. The van der Waals surface area contributed by atoms with E-state index in [1.54, 1.807) is 0 Å². The zero-order valence-electron chi connectivity index (χ0n) is 9.72. The molecule has 0 aliphatic heterocycles. The number of nitrogen functional groups attached to an aromatic ring is 1. The third-order valence-electron chi connectivity index (χ3n) is 2.31. The number of hydrogen-bond donors (Lipinski definition) is 1. The summed E-state index contributed by atoms with van der Waals surface area (Å²) in [5.41, 5.74) is 6.74. The highest BCUT2D eigenvalue weighted by Gasteiger charge is 2.00. The molecule has 4 nitrogen and oxygen atoms in total. The minimum atomic E-state index is 0.527. The summed E-state index contributed by atoms with van der Waals surface area (Å²) in [5, 5.41) is 9.22. The van der Waals surface area contributed by atoms with Gasteiger partial charge in [0.2, 0.25) is 5.13 Å². The van der Waals surface area contributed by atoms with Crippen molar-refractivity contribution in [3.8, 4) is 5.75 Å². The van der Waals surface area contributed by atoms with E-state index in [1.165, 1.54) is 16.9 Å². The van der Waals surface area contributed by atoms with Crippen molar-refractivity contribution in [3.05, 3.63) is 34.8 Å². The summed E-state index contributed by atoms with van der Waals surface area (Å²) in [6.07, 6.45) is 1.78. The number of aromatic nitrogens is 2. The summed E-state index contributed by atoms with van der Waals surface area (Å²) < 4.78 is 5.61. The number of aryl methyl sites for hydroxylation is 2. The van der Waals surface area contributed by atoms with E-state index in [4.69, 9.17) is 10.5 Å². The molecule has 1 aromatic carbocycles. The summed E-state index contributed by atoms with van der Waals surface area (Å²) in [4.78, 5) is 0. The van der Waals surface area contributed by atoms with Gasteiger partial charge >= 0.3 is 0 Å². The normalized spacial score (nSPS) is 10.4. The molecule has 0 aliphatic carbocycles. The zero-order chi connectivity index (χ0) is 12.1. The molecule has 2 N–H and O–H groups in total. The van der Waals surface area contributed by atoms with Crippen LogP contribution in [0.15, 0.2) is 24.3 Å². The molecule has 0 fully saturated rings. The standard InChI is InChI=1S/C12H15N3OS/c1-9-4-6-10(7-5-9)16-8-2-3-11-14-15-12(13)17-11/h4-7H,2-3,8H2,1H3,(H2,13,15). The van der Waals surface area contributed by atoms with Crippen LogP contribution in [-0.2, 0) is 6.42 Å². The zero-order valence-corrected chi connectivity index (χ0v) is 10.5. The number of ether oxygens (including phenoxy) is 1. The fourth-order valence-corrected chi connectivity index (χ4v) is 2.07. The highest BCUT2D eigenvalue weighted by Crippen LogP contribution is 2.14. The van der Waals surface area contributed by atoms with Gasteiger partial charge in [-0.3, -0.25) is 0 Å². The summed E-state index contributed by atoms with van der Waals surface area (Å²) >= 11 is 1.44. The number of hydrogen-bond acceptors (Lipinski definition) is 5. The van der Waals surface area contributed by atoms with Crippen molar-refractivity contribution in [2.45, 2.75) is 19.8 Å². The van der Waals surface area contributed by atoms with Crippen LogP contribution in [-0.4, -0.2) is 16.8 Å². The molecule has 0 saturated carbocycles. The van der Waals surface area contributed by atoms with Gasteiger partial charge in [-0.25, -0.2) is 0 Å². The maximum atomic E-state index is 5.61. The minimum Gasteiger partial charge on any atom is -0.494 e. The van der Waals surface area contributed by atoms with Crippen LogP contribution in [0, 0.1) is 6.92 Å². The molecule has 0 spiro atoms. The average molecular weight is 249 g/mol. The van der Waals surface area contributed by atoms with Crippen molar-refractivity contribution >= 4 is 16.5 Å². The van der Waals surface area contributed by atoms with Gasteiger partial charge in [-0.1, -0.05) is 29.0 Å². The lowest BCUT2D eigenvalue weighted by Crippen LogP contribution is -1.99. The van der Waals surface area contributed by atoms with E-state index in [0.29, 0.717) is 11.7 Å². The van der Waals surface area contributed by atoms with Crippen molar-refractivity contribution < 1.29 is 4.74 Å². The van der Waals surface area contributed by atoms with Crippen LogP contribution in [0.1, 0.15) is 17.0 Å².